The third kappa shape index (κ3) is 2.70. The van der Waals surface area contributed by atoms with Crippen molar-refractivity contribution in [3.63, 3.8) is 0 Å². The van der Waals surface area contributed by atoms with E-state index in [9.17, 15) is 14.0 Å². The second-order valence-corrected chi connectivity index (χ2v) is 4.40. The van der Waals surface area contributed by atoms with Crippen molar-refractivity contribution in [2.45, 2.75) is 6.42 Å². The standard InChI is InChI=1S/C12H7BrFNO3/c13-7-1-2-8(9(14)5-7)10(16)6-11(17)12-15-3-4-18-12/h1-5H,6H2. The number of halogens is 2. The third-order valence-corrected chi connectivity index (χ3v) is 2.72. The molecule has 1 heterocycles. The highest BCUT2D eigenvalue weighted by molar-refractivity contribution is 9.10. The van der Waals surface area contributed by atoms with Crippen LogP contribution in [0.25, 0.3) is 0 Å². The average molecular weight is 312 g/mol. The van der Waals surface area contributed by atoms with Gasteiger partial charge in [0.25, 0.3) is 5.89 Å². The summed E-state index contributed by atoms with van der Waals surface area (Å²) in [6, 6.07) is 4.03. The number of aromatic nitrogens is 1. The van der Waals surface area contributed by atoms with Crippen molar-refractivity contribution in [2.75, 3.05) is 0 Å². The average Bonchev–Trinajstić information content (AvgIpc) is 2.81. The van der Waals surface area contributed by atoms with Crippen LogP contribution in [0.3, 0.4) is 0 Å². The molecule has 6 heteroatoms. The summed E-state index contributed by atoms with van der Waals surface area (Å²) in [6.45, 7) is 0. The summed E-state index contributed by atoms with van der Waals surface area (Å²) in [4.78, 5) is 26.9. The summed E-state index contributed by atoms with van der Waals surface area (Å²) in [5, 5.41) is 0. The van der Waals surface area contributed by atoms with E-state index < -0.39 is 23.8 Å². The molecule has 0 aliphatic rings. The van der Waals surface area contributed by atoms with Gasteiger partial charge in [0, 0.05) is 4.47 Å². The van der Waals surface area contributed by atoms with E-state index in [0.717, 1.165) is 0 Å². The summed E-state index contributed by atoms with van der Waals surface area (Å²) >= 11 is 3.08. The van der Waals surface area contributed by atoms with Crippen LogP contribution in [0, 0.1) is 5.82 Å². The molecule has 18 heavy (non-hydrogen) atoms. The van der Waals surface area contributed by atoms with Gasteiger partial charge in [-0.3, -0.25) is 9.59 Å². The fraction of sp³-hybridized carbons (Fsp3) is 0.0833. The Labute approximate surface area is 110 Å². The van der Waals surface area contributed by atoms with Crippen molar-refractivity contribution < 1.29 is 18.4 Å². The van der Waals surface area contributed by atoms with Crippen molar-refractivity contribution in [1.29, 1.82) is 0 Å². The van der Waals surface area contributed by atoms with Gasteiger partial charge in [-0.25, -0.2) is 9.37 Å². The lowest BCUT2D eigenvalue weighted by Crippen LogP contribution is -2.10. The van der Waals surface area contributed by atoms with Gasteiger partial charge in [0.2, 0.25) is 5.78 Å². The fourth-order valence-corrected chi connectivity index (χ4v) is 1.73. The Kier molecular flexibility index (Phi) is 3.66. The summed E-state index contributed by atoms with van der Waals surface area (Å²) in [5.74, 6) is -2.01. The van der Waals surface area contributed by atoms with Gasteiger partial charge in [0.05, 0.1) is 18.2 Å². The number of carbonyl (C=O) groups is 2. The first-order valence-electron chi connectivity index (χ1n) is 4.99. The van der Waals surface area contributed by atoms with E-state index in [0.29, 0.717) is 4.47 Å². The van der Waals surface area contributed by atoms with Crippen molar-refractivity contribution in [2.24, 2.45) is 0 Å². The molecule has 0 unspecified atom stereocenters. The molecule has 0 saturated carbocycles. The predicted octanol–water partition coefficient (Wildman–Crippen LogP) is 3.03. The highest BCUT2D eigenvalue weighted by Gasteiger charge is 2.19. The third-order valence-electron chi connectivity index (χ3n) is 2.22. The van der Waals surface area contributed by atoms with Gasteiger partial charge in [-0.2, -0.15) is 0 Å². The van der Waals surface area contributed by atoms with Crippen molar-refractivity contribution in [3.05, 3.63) is 52.4 Å². The molecule has 1 aromatic heterocycles. The first-order valence-corrected chi connectivity index (χ1v) is 5.78. The molecule has 0 saturated heterocycles. The second kappa shape index (κ2) is 5.22. The molecule has 0 radical (unpaired) electrons. The molecule has 0 spiro atoms. The highest BCUT2D eigenvalue weighted by Crippen LogP contribution is 2.17. The Balaban J connectivity index is 2.15. The van der Waals surface area contributed by atoms with E-state index in [4.69, 9.17) is 4.42 Å². The zero-order valence-electron chi connectivity index (χ0n) is 9.02. The lowest BCUT2D eigenvalue weighted by molar-refractivity contribution is 0.0872. The molecule has 2 rings (SSSR count). The van der Waals surface area contributed by atoms with Gasteiger partial charge in [-0.05, 0) is 18.2 Å². The summed E-state index contributed by atoms with van der Waals surface area (Å²) < 4.78 is 18.8. The van der Waals surface area contributed by atoms with E-state index in [1.165, 1.54) is 30.7 Å². The van der Waals surface area contributed by atoms with E-state index in [-0.39, 0.29) is 11.5 Å². The topological polar surface area (TPSA) is 60.2 Å². The lowest BCUT2D eigenvalue weighted by Gasteiger charge is -2.01. The number of benzene rings is 1. The maximum Gasteiger partial charge on any atom is 0.263 e. The van der Waals surface area contributed by atoms with Crippen LogP contribution in [-0.4, -0.2) is 16.6 Å². The molecule has 0 amide bonds. The Hall–Kier alpha value is -1.82. The van der Waals surface area contributed by atoms with Crippen LogP contribution in [-0.2, 0) is 0 Å². The molecule has 0 aliphatic carbocycles. The number of nitrogens with zero attached hydrogens (tertiary/aromatic N) is 1. The Morgan fingerprint density at radius 3 is 2.72 bits per heavy atom. The molecule has 2 aromatic rings. The lowest BCUT2D eigenvalue weighted by atomic mass is 10.1. The quantitative estimate of drug-likeness (QED) is 0.643. The van der Waals surface area contributed by atoms with Crippen LogP contribution in [0.1, 0.15) is 27.5 Å². The first-order chi connectivity index (χ1) is 8.58. The zero-order valence-corrected chi connectivity index (χ0v) is 10.6. The molecule has 0 atom stereocenters. The maximum absolute atomic E-state index is 13.5. The fourth-order valence-electron chi connectivity index (χ4n) is 1.39. The molecule has 1 aromatic carbocycles. The molecule has 0 N–H and O–H groups in total. The SMILES string of the molecule is O=C(CC(=O)c1ccc(Br)cc1F)c1ncco1. The molecule has 0 bridgehead atoms. The molecular weight excluding hydrogens is 305 g/mol. The molecule has 0 fully saturated rings. The van der Waals surface area contributed by atoms with Gasteiger partial charge in [0.1, 0.15) is 12.1 Å². The van der Waals surface area contributed by atoms with Crippen LogP contribution >= 0.6 is 15.9 Å². The van der Waals surface area contributed by atoms with E-state index in [1.54, 1.807) is 0 Å². The predicted molar refractivity (Wildman–Crippen MR) is 63.9 cm³/mol. The maximum atomic E-state index is 13.5. The highest BCUT2D eigenvalue weighted by atomic mass is 79.9. The van der Waals surface area contributed by atoms with Crippen molar-refractivity contribution >= 4 is 27.5 Å². The Morgan fingerprint density at radius 1 is 1.33 bits per heavy atom. The number of ketones is 2. The minimum atomic E-state index is -0.672. The van der Waals surface area contributed by atoms with Crippen LogP contribution in [0.15, 0.2) is 39.5 Å². The van der Waals surface area contributed by atoms with Crippen molar-refractivity contribution in [1.82, 2.24) is 4.98 Å². The van der Waals surface area contributed by atoms with Gasteiger partial charge in [0.15, 0.2) is 5.78 Å². The van der Waals surface area contributed by atoms with Crippen molar-refractivity contribution in [3.8, 4) is 0 Å². The normalized spacial score (nSPS) is 10.3. The van der Waals surface area contributed by atoms with Gasteiger partial charge in [-0.15, -0.1) is 0 Å². The number of hydrogen-bond donors (Lipinski definition) is 0. The van der Waals surface area contributed by atoms with E-state index in [1.807, 2.05) is 0 Å². The zero-order chi connectivity index (χ0) is 13.1. The van der Waals surface area contributed by atoms with Gasteiger partial charge < -0.3 is 4.42 Å². The second-order valence-electron chi connectivity index (χ2n) is 3.48. The Morgan fingerprint density at radius 2 is 2.11 bits per heavy atom. The largest absolute Gasteiger partial charge is 0.442 e. The summed E-state index contributed by atoms with van der Waals surface area (Å²) in [6.07, 6.45) is 2.06. The number of rotatable bonds is 4. The number of Topliss-reactive ketones (excluding diaryl/α,β-unsaturated/α-hetero) is 2. The number of hydrogen-bond acceptors (Lipinski definition) is 4. The molecule has 4 nitrogen and oxygen atoms in total. The minimum absolute atomic E-state index is 0.127. The van der Waals surface area contributed by atoms with Gasteiger partial charge in [-0.1, -0.05) is 15.9 Å². The van der Waals surface area contributed by atoms with Crippen LogP contribution in [0.2, 0.25) is 0 Å². The summed E-state index contributed by atoms with van der Waals surface area (Å²) in [5.41, 5.74) is -0.127. The smallest absolute Gasteiger partial charge is 0.263 e. The van der Waals surface area contributed by atoms with E-state index in [2.05, 4.69) is 20.9 Å². The number of carbonyl (C=O) groups excluding carboxylic acids is 2. The monoisotopic (exact) mass is 311 g/mol. The Bertz CT molecular complexity index is 595. The first kappa shape index (κ1) is 12.6. The summed E-state index contributed by atoms with van der Waals surface area (Å²) in [7, 11) is 0. The van der Waals surface area contributed by atoms with E-state index >= 15 is 0 Å². The van der Waals surface area contributed by atoms with Crippen LogP contribution in [0.4, 0.5) is 4.39 Å². The molecule has 0 aliphatic heterocycles. The van der Waals surface area contributed by atoms with Crippen LogP contribution < -0.4 is 0 Å². The van der Waals surface area contributed by atoms with Gasteiger partial charge >= 0.3 is 0 Å². The molecule has 92 valence electrons. The molecular formula is C12H7BrFNO3. The minimum Gasteiger partial charge on any atom is -0.442 e. The number of oxazole rings is 1. The van der Waals surface area contributed by atoms with Crippen LogP contribution in [0.5, 0.6) is 0 Å².